The number of aliphatic hydroxyl groups is 2. The topological polar surface area (TPSA) is 149 Å². The summed E-state index contributed by atoms with van der Waals surface area (Å²) in [6.07, 6.45) is 18.9. The maximum Gasteiger partial charge on any atom is 0.280 e. The Balaban J connectivity index is 1.29. The second kappa shape index (κ2) is 16.8. The fourth-order valence-corrected chi connectivity index (χ4v) is 5.27. The molecule has 216 valence electrons. The maximum atomic E-state index is 12.1. The first-order chi connectivity index (χ1) is 18.6. The Bertz CT molecular complexity index is 980. The average molecular weight is 536 g/mol. The molecule has 2 aromatic rings. The predicted octanol–water partition coefficient (Wildman–Crippen LogP) is 4.60. The lowest BCUT2D eigenvalue weighted by Crippen LogP contribution is -2.35. The Labute approximate surface area is 226 Å². The molecule has 0 aliphatic carbocycles. The van der Waals surface area contributed by atoms with Crippen LogP contribution in [0.25, 0.3) is 11.2 Å². The number of imidazole rings is 1. The number of unbranched alkanes of at least 4 members (excludes halogenated alkanes) is 15. The van der Waals surface area contributed by atoms with Crippen molar-refractivity contribution in [2.24, 2.45) is 0 Å². The van der Waals surface area contributed by atoms with E-state index in [0.717, 1.165) is 12.8 Å². The van der Waals surface area contributed by atoms with Crippen molar-refractivity contribution in [1.82, 2.24) is 19.5 Å². The van der Waals surface area contributed by atoms with E-state index in [1.165, 1.54) is 101 Å². The molecular weight excluding hydrogens is 486 g/mol. The van der Waals surface area contributed by atoms with E-state index in [9.17, 15) is 15.0 Å². The second-order valence-electron chi connectivity index (χ2n) is 10.7. The summed E-state index contributed by atoms with van der Waals surface area (Å²) in [7, 11) is 0. The fraction of sp³-hybridized carbons (Fsp3) is 0.821. The summed E-state index contributed by atoms with van der Waals surface area (Å²) >= 11 is 0. The maximum absolute atomic E-state index is 12.1. The van der Waals surface area contributed by atoms with Crippen molar-refractivity contribution in [3.05, 3.63) is 16.7 Å². The van der Waals surface area contributed by atoms with Crippen molar-refractivity contribution in [3.8, 4) is 0 Å². The van der Waals surface area contributed by atoms with Gasteiger partial charge in [0.15, 0.2) is 17.4 Å². The third kappa shape index (κ3) is 9.03. The van der Waals surface area contributed by atoms with Gasteiger partial charge in [-0.1, -0.05) is 103 Å². The number of nitrogens with two attached hydrogens (primary N) is 1. The van der Waals surface area contributed by atoms with Gasteiger partial charge in [0.2, 0.25) is 5.95 Å². The summed E-state index contributed by atoms with van der Waals surface area (Å²) in [5.74, 6) is -0.0351. The van der Waals surface area contributed by atoms with Gasteiger partial charge < -0.3 is 25.4 Å². The number of aliphatic hydroxyl groups excluding tert-OH is 2. The Morgan fingerprint density at radius 1 is 0.974 bits per heavy atom. The average Bonchev–Trinajstić information content (AvgIpc) is 3.46. The second-order valence-corrected chi connectivity index (χ2v) is 10.7. The van der Waals surface area contributed by atoms with Crippen LogP contribution in [0.4, 0.5) is 5.95 Å². The van der Waals surface area contributed by atoms with Crippen LogP contribution in [0.15, 0.2) is 11.1 Å². The molecule has 10 heteroatoms. The Morgan fingerprint density at radius 2 is 1.53 bits per heavy atom. The van der Waals surface area contributed by atoms with Gasteiger partial charge in [-0.15, -0.1) is 0 Å². The highest BCUT2D eigenvalue weighted by Gasteiger charge is 2.45. The van der Waals surface area contributed by atoms with Crippen LogP contribution in [0.2, 0.25) is 0 Å². The van der Waals surface area contributed by atoms with E-state index in [4.69, 9.17) is 15.2 Å². The van der Waals surface area contributed by atoms with Gasteiger partial charge in [0.1, 0.15) is 18.3 Å². The lowest BCUT2D eigenvalue weighted by Gasteiger charge is -2.22. The number of nitrogens with one attached hydrogen (secondary N) is 1. The van der Waals surface area contributed by atoms with Crippen molar-refractivity contribution in [2.45, 2.75) is 134 Å². The number of H-pyrrole nitrogens is 1. The molecule has 0 bridgehead atoms. The minimum Gasteiger partial charge on any atom is -0.394 e. The number of hydrogen-bond acceptors (Lipinski definition) is 8. The molecule has 10 nitrogen and oxygen atoms in total. The van der Waals surface area contributed by atoms with Crippen LogP contribution >= 0.6 is 0 Å². The van der Waals surface area contributed by atoms with Gasteiger partial charge in [-0.3, -0.25) is 14.3 Å². The molecular formula is C28H49N5O5. The number of nitrogens with zero attached hydrogens (tertiary/aromatic N) is 3. The largest absolute Gasteiger partial charge is 0.394 e. The highest BCUT2D eigenvalue weighted by atomic mass is 16.6. The highest BCUT2D eigenvalue weighted by Crippen LogP contribution is 2.33. The first kappa shape index (κ1) is 30.5. The summed E-state index contributed by atoms with van der Waals surface area (Å²) in [6.45, 7) is 2.39. The number of hydrogen-bond donors (Lipinski definition) is 4. The molecule has 38 heavy (non-hydrogen) atoms. The van der Waals surface area contributed by atoms with Crippen molar-refractivity contribution in [2.75, 3.05) is 18.9 Å². The first-order valence-corrected chi connectivity index (χ1v) is 14.8. The Morgan fingerprint density at radius 3 is 2.08 bits per heavy atom. The standard InChI is InChI=1S/C28H49N5O5/c1-2-3-4-5-6-7-8-9-10-11-12-13-14-15-16-17-18-37-24-23(35)21(19-34)38-27(24)33-20-30-22-25(33)31-28(29)32-26(22)36/h20-21,23-24,27,34-35H,2-19H2,1H3,(H3,29,31,32,36)/t21-,23?,24?,27-/m1/s1. The van der Waals surface area contributed by atoms with Gasteiger partial charge in [0.25, 0.3) is 5.56 Å². The van der Waals surface area contributed by atoms with Crippen LogP contribution in [-0.2, 0) is 9.47 Å². The number of aromatic amines is 1. The number of ether oxygens (including phenoxy) is 2. The van der Waals surface area contributed by atoms with Gasteiger partial charge in [0.05, 0.1) is 12.9 Å². The molecule has 0 aromatic carbocycles. The SMILES string of the molecule is CCCCCCCCCCCCCCCCCCOC1C(O)[C@@H](CO)O[C@H]1n1cnc2c(=O)[nH]c(N)nc21. The van der Waals surface area contributed by atoms with Crippen molar-refractivity contribution in [3.63, 3.8) is 0 Å². The molecule has 5 N–H and O–H groups in total. The molecule has 1 saturated heterocycles. The van der Waals surface area contributed by atoms with E-state index in [-0.39, 0.29) is 23.7 Å². The van der Waals surface area contributed by atoms with Crippen molar-refractivity contribution >= 4 is 17.1 Å². The predicted molar refractivity (Wildman–Crippen MR) is 149 cm³/mol. The van der Waals surface area contributed by atoms with Crippen LogP contribution in [0.1, 0.15) is 116 Å². The zero-order valence-corrected chi connectivity index (χ0v) is 23.2. The summed E-state index contributed by atoms with van der Waals surface area (Å²) in [4.78, 5) is 22.8. The van der Waals surface area contributed by atoms with Crippen LogP contribution in [0, 0.1) is 0 Å². The molecule has 1 aliphatic heterocycles. The van der Waals surface area contributed by atoms with Gasteiger partial charge in [0, 0.05) is 6.61 Å². The number of fused-ring (bicyclic) bond motifs is 1. The van der Waals surface area contributed by atoms with Gasteiger partial charge in [-0.05, 0) is 6.42 Å². The van der Waals surface area contributed by atoms with Gasteiger partial charge in [-0.2, -0.15) is 4.98 Å². The molecule has 3 rings (SSSR count). The molecule has 0 spiro atoms. The minimum absolute atomic E-state index is 0.0351. The van der Waals surface area contributed by atoms with Crippen LogP contribution in [0.5, 0.6) is 0 Å². The minimum atomic E-state index is -1.01. The van der Waals surface area contributed by atoms with E-state index >= 15 is 0 Å². The highest BCUT2D eigenvalue weighted by molar-refractivity contribution is 5.70. The summed E-state index contributed by atoms with van der Waals surface area (Å²) in [6, 6.07) is 0. The first-order valence-electron chi connectivity index (χ1n) is 14.8. The van der Waals surface area contributed by atoms with E-state index in [2.05, 4.69) is 21.9 Å². The van der Waals surface area contributed by atoms with E-state index in [1.807, 2.05) is 0 Å². The lowest BCUT2D eigenvalue weighted by molar-refractivity contribution is -0.0711. The van der Waals surface area contributed by atoms with E-state index in [1.54, 1.807) is 0 Å². The van der Waals surface area contributed by atoms with Gasteiger partial charge in [-0.25, -0.2) is 4.98 Å². The van der Waals surface area contributed by atoms with Gasteiger partial charge >= 0.3 is 0 Å². The molecule has 0 saturated carbocycles. The van der Waals surface area contributed by atoms with E-state index in [0.29, 0.717) is 6.61 Å². The summed E-state index contributed by atoms with van der Waals surface area (Å²) in [5, 5.41) is 20.3. The molecule has 3 heterocycles. The molecule has 0 radical (unpaired) electrons. The third-order valence-corrected chi connectivity index (χ3v) is 7.53. The summed E-state index contributed by atoms with van der Waals surface area (Å²) < 4.78 is 13.4. The summed E-state index contributed by atoms with van der Waals surface area (Å²) in [5.41, 5.74) is 5.63. The number of nitrogen functional groups attached to an aromatic ring is 1. The van der Waals surface area contributed by atoms with E-state index < -0.39 is 30.1 Å². The van der Waals surface area contributed by atoms with Crippen LogP contribution < -0.4 is 11.3 Å². The Hall–Kier alpha value is -2.01. The smallest absolute Gasteiger partial charge is 0.280 e. The normalized spacial score (nSPS) is 21.6. The molecule has 0 amide bonds. The molecule has 1 fully saturated rings. The monoisotopic (exact) mass is 535 g/mol. The number of aromatic nitrogens is 4. The quantitative estimate of drug-likeness (QED) is 0.180. The van der Waals surface area contributed by atoms with Crippen LogP contribution in [0.3, 0.4) is 0 Å². The third-order valence-electron chi connectivity index (χ3n) is 7.53. The van der Waals surface area contributed by atoms with Crippen molar-refractivity contribution < 1.29 is 19.7 Å². The van der Waals surface area contributed by atoms with Crippen LogP contribution in [-0.4, -0.2) is 61.3 Å². The zero-order valence-electron chi connectivity index (χ0n) is 23.2. The number of rotatable bonds is 20. The molecule has 4 atom stereocenters. The fourth-order valence-electron chi connectivity index (χ4n) is 5.27. The zero-order chi connectivity index (χ0) is 27.2. The molecule has 1 aliphatic rings. The van der Waals surface area contributed by atoms with Crippen molar-refractivity contribution in [1.29, 1.82) is 0 Å². The molecule has 2 aromatic heterocycles. The Kier molecular flexibility index (Phi) is 13.5. The number of anilines is 1. The lowest BCUT2D eigenvalue weighted by atomic mass is 10.0. The molecule has 2 unspecified atom stereocenters.